The summed E-state index contributed by atoms with van der Waals surface area (Å²) in [4.78, 5) is 28.4. The zero-order valence-electron chi connectivity index (χ0n) is 20.3. The fraction of sp³-hybridized carbons (Fsp3) is 0.462. The third-order valence-electron chi connectivity index (χ3n) is 6.37. The quantitative estimate of drug-likeness (QED) is 0.486. The number of anilines is 1. The number of benzene rings is 2. The van der Waals surface area contributed by atoms with Crippen molar-refractivity contribution in [2.75, 3.05) is 23.7 Å². The predicted octanol–water partition coefficient (Wildman–Crippen LogP) is 4.01. The van der Waals surface area contributed by atoms with E-state index in [4.69, 9.17) is 11.6 Å². The number of carbonyl (C=O) groups is 2. The highest BCUT2D eigenvalue weighted by Gasteiger charge is 2.32. The van der Waals surface area contributed by atoms with E-state index in [1.165, 1.54) is 4.90 Å². The van der Waals surface area contributed by atoms with Gasteiger partial charge in [-0.1, -0.05) is 61.7 Å². The SMILES string of the molecule is CC[C@@H](C(=O)NC1CCCC1)N(CCc1ccccc1)C(=O)CN(c1ccc(Cl)cc1)S(C)(=O)=O. The third kappa shape index (κ3) is 7.70. The molecule has 2 aromatic carbocycles. The standard InChI is InChI=1S/C26H34ClN3O4S/c1-3-24(26(32)28-22-11-7-8-12-22)29(18-17-20-9-5-4-6-10-20)25(31)19-30(35(2,33)34)23-15-13-21(27)14-16-23/h4-6,9-10,13-16,22,24H,3,7-8,11-12,17-19H2,1-2H3,(H,28,32)/t24-/m0/s1. The Labute approximate surface area is 213 Å². The molecule has 0 heterocycles. The van der Waals surface area contributed by atoms with E-state index in [0.29, 0.717) is 30.1 Å². The lowest BCUT2D eigenvalue weighted by Crippen LogP contribution is -2.54. The number of sulfonamides is 1. The molecule has 1 atom stereocenters. The number of halogens is 1. The molecule has 35 heavy (non-hydrogen) atoms. The molecule has 3 rings (SSSR count). The molecule has 1 aliphatic rings. The van der Waals surface area contributed by atoms with E-state index < -0.39 is 28.5 Å². The van der Waals surface area contributed by atoms with Crippen molar-refractivity contribution in [1.82, 2.24) is 10.2 Å². The molecule has 0 aliphatic heterocycles. The summed E-state index contributed by atoms with van der Waals surface area (Å²) in [5.74, 6) is -0.604. The van der Waals surface area contributed by atoms with Gasteiger partial charge in [0.2, 0.25) is 21.8 Å². The second kappa shape index (κ2) is 12.4. The van der Waals surface area contributed by atoms with Crippen LogP contribution in [-0.2, 0) is 26.0 Å². The molecule has 1 fully saturated rings. The number of hydrogen-bond donors (Lipinski definition) is 1. The molecular formula is C26H34ClN3O4S. The van der Waals surface area contributed by atoms with Crippen LogP contribution in [0.25, 0.3) is 0 Å². The number of nitrogens with one attached hydrogen (secondary N) is 1. The summed E-state index contributed by atoms with van der Waals surface area (Å²) < 4.78 is 26.3. The van der Waals surface area contributed by atoms with Gasteiger partial charge in [-0.3, -0.25) is 13.9 Å². The minimum Gasteiger partial charge on any atom is -0.352 e. The largest absolute Gasteiger partial charge is 0.352 e. The van der Waals surface area contributed by atoms with E-state index in [1.54, 1.807) is 24.3 Å². The lowest BCUT2D eigenvalue weighted by atomic mass is 10.1. The third-order valence-corrected chi connectivity index (χ3v) is 7.76. The van der Waals surface area contributed by atoms with Crippen LogP contribution >= 0.6 is 11.6 Å². The van der Waals surface area contributed by atoms with Crippen molar-refractivity contribution in [3.63, 3.8) is 0 Å². The topological polar surface area (TPSA) is 86.8 Å². The Kier molecular flexibility index (Phi) is 9.57. The van der Waals surface area contributed by atoms with Gasteiger partial charge in [0, 0.05) is 17.6 Å². The fourth-order valence-corrected chi connectivity index (χ4v) is 5.46. The van der Waals surface area contributed by atoms with Gasteiger partial charge in [-0.05, 0) is 55.5 Å². The summed E-state index contributed by atoms with van der Waals surface area (Å²) in [6.45, 7) is 1.77. The lowest BCUT2D eigenvalue weighted by molar-refractivity contribution is -0.139. The van der Waals surface area contributed by atoms with E-state index in [-0.39, 0.29) is 11.9 Å². The van der Waals surface area contributed by atoms with E-state index in [1.807, 2.05) is 37.3 Å². The Morgan fingerprint density at radius 2 is 1.69 bits per heavy atom. The number of amides is 2. The van der Waals surface area contributed by atoms with Crippen molar-refractivity contribution >= 4 is 39.1 Å². The van der Waals surface area contributed by atoms with Gasteiger partial charge >= 0.3 is 0 Å². The highest BCUT2D eigenvalue weighted by atomic mass is 35.5. The molecule has 0 spiro atoms. The summed E-state index contributed by atoms with van der Waals surface area (Å²) in [5.41, 5.74) is 1.38. The van der Waals surface area contributed by atoms with Crippen LogP contribution in [0.4, 0.5) is 5.69 Å². The van der Waals surface area contributed by atoms with Crippen molar-refractivity contribution in [3.8, 4) is 0 Å². The molecule has 0 radical (unpaired) electrons. The van der Waals surface area contributed by atoms with Crippen molar-refractivity contribution in [3.05, 3.63) is 65.2 Å². The molecular weight excluding hydrogens is 486 g/mol. The number of rotatable bonds is 11. The Hall–Kier alpha value is -2.58. The maximum Gasteiger partial charge on any atom is 0.244 e. The fourth-order valence-electron chi connectivity index (χ4n) is 4.48. The van der Waals surface area contributed by atoms with Gasteiger partial charge in [0.25, 0.3) is 0 Å². The first-order valence-electron chi connectivity index (χ1n) is 12.1. The van der Waals surface area contributed by atoms with E-state index in [0.717, 1.165) is 41.8 Å². The molecule has 0 unspecified atom stereocenters. The average Bonchev–Trinajstić information content (AvgIpc) is 3.33. The van der Waals surface area contributed by atoms with Gasteiger partial charge in [0.1, 0.15) is 12.6 Å². The zero-order chi connectivity index (χ0) is 25.4. The average molecular weight is 520 g/mol. The Balaban J connectivity index is 1.85. The minimum atomic E-state index is -3.76. The molecule has 1 saturated carbocycles. The van der Waals surface area contributed by atoms with Gasteiger partial charge in [-0.2, -0.15) is 0 Å². The van der Waals surface area contributed by atoms with Crippen LogP contribution in [0, 0.1) is 0 Å². The van der Waals surface area contributed by atoms with Gasteiger partial charge in [0.15, 0.2) is 0 Å². The molecule has 0 bridgehead atoms. The Morgan fingerprint density at radius 1 is 1.06 bits per heavy atom. The second-order valence-electron chi connectivity index (χ2n) is 8.98. The minimum absolute atomic E-state index is 0.129. The Morgan fingerprint density at radius 3 is 2.26 bits per heavy atom. The van der Waals surface area contributed by atoms with Crippen molar-refractivity contribution < 1.29 is 18.0 Å². The molecule has 0 saturated heterocycles. The van der Waals surface area contributed by atoms with Gasteiger partial charge in [-0.25, -0.2) is 8.42 Å². The summed E-state index contributed by atoms with van der Waals surface area (Å²) in [6.07, 6.45) is 6.11. The maximum absolute atomic E-state index is 13.6. The van der Waals surface area contributed by atoms with Crippen LogP contribution < -0.4 is 9.62 Å². The zero-order valence-corrected chi connectivity index (χ0v) is 21.9. The van der Waals surface area contributed by atoms with Crippen LogP contribution in [0.2, 0.25) is 5.02 Å². The lowest BCUT2D eigenvalue weighted by Gasteiger charge is -2.33. The van der Waals surface area contributed by atoms with Crippen LogP contribution in [-0.4, -0.2) is 56.6 Å². The summed E-state index contributed by atoms with van der Waals surface area (Å²) >= 11 is 5.96. The number of carbonyl (C=O) groups excluding carboxylic acids is 2. The van der Waals surface area contributed by atoms with Gasteiger partial charge < -0.3 is 10.2 Å². The highest BCUT2D eigenvalue weighted by molar-refractivity contribution is 7.92. The number of nitrogens with zero attached hydrogens (tertiary/aromatic N) is 2. The first kappa shape index (κ1) is 27.0. The smallest absolute Gasteiger partial charge is 0.244 e. The molecule has 0 aromatic heterocycles. The van der Waals surface area contributed by atoms with E-state index in [9.17, 15) is 18.0 Å². The molecule has 2 aromatic rings. The molecule has 1 N–H and O–H groups in total. The van der Waals surface area contributed by atoms with Crippen LogP contribution in [0.3, 0.4) is 0 Å². The van der Waals surface area contributed by atoms with E-state index >= 15 is 0 Å². The molecule has 9 heteroatoms. The molecule has 190 valence electrons. The van der Waals surface area contributed by atoms with Gasteiger partial charge in [-0.15, -0.1) is 0 Å². The van der Waals surface area contributed by atoms with E-state index in [2.05, 4.69) is 5.32 Å². The van der Waals surface area contributed by atoms with Crippen molar-refractivity contribution in [2.24, 2.45) is 0 Å². The predicted molar refractivity (Wildman–Crippen MR) is 140 cm³/mol. The molecule has 1 aliphatic carbocycles. The Bertz CT molecular complexity index is 1090. The van der Waals surface area contributed by atoms with Crippen LogP contribution in [0.5, 0.6) is 0 Å². The highest BCUT2D eigenvalue weighted by Crippen LogP contribution is 2.22. The van der Waals surface area contributed by atoms with Crippen molar-refractivity contribution in [1.29, 1.82) is 0 Å². The summed E-state index contributed by atoms with van der Waals surface area (Å²) in [7, 11) is -3.76. The maximum atomic E-state index is 13.6. The second-order valence-corrected chi connectivity index (χ2v) is 11.3. The van der Waals surface area contributed by atoms with Crippen LogP contribution in [0.1, 0.15) is 44.6 Å². The summed E-state index contributed by atoms with van der Waals surface area (Å²) in [5, 5.41) is 3.57. The van der Waals surface area contributed by atoms with Crippen LogP contribution in [0.15, 0.2) is 54.6 Å². The molecule has 2 amide bonds. The normalized spacial score (nSPS) is 14.9. The van der Waals surface area contributed by atoms with Gasteiger partial charge in [0.05, 0.1) is 11.9 Å². The number of hydrogen-bond acceptors (Lipinski definition) is 4. The first-order valence-corrected chi connectivity index (χ1v) is 14.3. The van der Waals surface area contributed by atoms with Crippen molar-refractivity contribution in [2.45, 2.75) is 57.5 Å². The first-order chi connectivity index (χ1) is 16.7. The monoisotopic (exact) mass is 519 g/mol. The molecule has 7 nitrogen and oxygen atoms in total. The summed E-state index contributed by atoms with van der Waals surface area (Å²) in [6, 6.07) is 15.5.